The first-order valence-electron chi connectivity index (χ1n) is 6.36. The molecule has 4 heteroatoms. The number of ether oxygens (including phenoxy) is 2. The van der Waals surface area contributed by atoms with Gasteiger partial charge in [0.05, 0.1) is 25.8 Å². The molecular formula is C15H23NO3. The van der Waals surface area contributed by atoms with Crippen LogP contribution in [-0.4, -0.2) is 51.1 Å². The van der Waals surface area contributed by atoms with Crippen molar-refractivity contribution in [1.29, 1.82) is 0 Å². The molecule has 0 fully saturated rings. The lowest BCUT2D eigenvalue weighted by Crippen LogP contribution is -2.36. The summed E-state index contributed by atoms with van der Waals surface area (Å²) in [5, 5.41) is 0. The molecule has 106 valence electrons. The first kappa shape index (κ1) is 15.7. The van der Waals surface area contributed by atoms with Crippen molar-refractivity contribution in [1.82, 2.24) is 4.90 Å². The summed E-state index contributed by atoms with van der Waals surface area (Å²) in [7, 11) is 5.17. The standard InChI is InChI=1S/C15H23NO3/c1-11-6-7-13(15(8-11)19-5)14(17)9-16(3)12(2)10-18-4/h6-8,12H,9-10H2,1-5H3. The van der Waals surface area contributed by atoms with Crippen LogP contribution in [0.1, 0.15) is 22.8 Å². The van der Waals surface area contributed by atoms with E-state index in [1.807, 2.05) is 44.0 Å². The number of carbonyl (C=O) groups excluding carboxylic acids is 1. The van der Waals surface area contributed by atoms with E-state index < -0.39 is 0 Å². The third-order valence-corrected chi connectivity index (χ3v) is 3.21. The lowest BCUT2D eigenvalue weighted by atomic mass is 10.1. The molecule has 0 aromatic heterocycles. The van der Waals surface area contributed by atoms with Gasteiger partial charge in [0.15, 0.2) is 5.78 Å². The molecule has 1 aromatic rings. The highest BCUT2D eigenvalue weighted by Gasteiger charge is 2.17. The van der Waals surface area contributed by atoms with E-state index >= 15 is 0 Å². The number of hydrogen-bond acceptors (Lipinski definition) is 4. The van der Waals surface area contributed by atoms with Gasteiger partial charge in [-0.05, 0) is 38.6 Å². The van der Waals surface area contributed by atoms with E-state index in [0.717, 1.165) is 5.56 Å². The third-order valence-electron chi connectivity index (χ3n) is 3.21. The van der Waals surface area contributed by atoms with Crippen LogP contribution in [0.15, 0.2) is 18.2 Å². The molecular weight excluding hydrogens is 242 g/mol. The smallest absolute Gasteiger partial charge is 0.180 e. The normalized spacial score (nSPS) is 12.5. The van der Waals surface area contributed by atoms with Gasteiger partial charge in [-0.3, -0.25) is 9.69 Å². The molecule has 0 aliphatic heterocycles. The fourth-order valence-corrected chi connectivity index (χ4v) is 1.86. The minimum atomic E-state index is 0.0577. The molecule has 0 amide bonds. The minimum absolute atomic E-state index is 0.0577. The fraction of sp³-hybridized carbons (Fsp3) is 0.533. The number of rotatable bonds is 7. The molecule has 0 bridgehead atoms. The van der Waals surface area contributed by atoms with Crippen LogP contribution in [0.3, 0.4) is 0 Å². The molecule has 0 heterocycles. The Bertz CT molecular complexity index is 431. The van der Waals surface area contributed by atoms with E-state index in [1.165, 1.54) is 0 Å². The highest BCUT2D eigenvalue weighted by molar-refractivity contribution is 6.00. The van der Waals surface area contributed by atoms with E-state index in [2.05, 4.69) is 0 Å². The molecule has 1 rings (SSSR count). The largest absolute Gasteiger partial charge is 0.496 e. The molecule has 1 atom stereocenters. The van der Waals surface area contributed by atoms with Crippen molar-refractivity contribution < 1.29 is 14.3 Å². The molecule has 0 radical (unpaired) electrons. The van der Waals surface area contributed by atoms with Gasteiger partial charge in [0, 0.05) is 13.2 Å². The minimum Gasteiger partial charge on any atom is -0.496 e. The second kappa shape index (κ2) is 7.26. The Morgan fingerprint density at radius 2 is 2.05 bits per heavy atom. The molecule has 0 aliphatic carbocycles. The molecule has 0 saturated heterocycles. The van der Waals surface area contributed by atoms with E-state index in [9.17, 15) is 4.79 Å². The van der Waals surface area contributed by atoms with Crippen LogP contribution < -0.4 is 4.74 Å². The van der Waals surface area contributed by atoms with Gasteiger partial charge in [-0.2, -0.15) is 0 Å². The Hall–Kier alpha value is -1.39. The van der Waals surface area contributed by atoms with Crippen LogP contribution in [0.4, 0.5) is 0 Å². The van der Waals surface area contributed by atoms with Crippen LogP contribution in [0.5, 0.6) is 5.75 Å². The molecule has 1 unspecified atom stereocenters. The zero-order valence-electron chi connectivity index (χ0n) is 12.4. The number of nitrogens with zero attached hydrogens (tertiary/aromatic N) is 1. The maximum Gasteiger partial charge on any atom is 0.180 e. The Morgan fingerprint density at radius 1 is 1.37 bits per heavy atom. The van der Waals surface area contributed by atoms with E-state index in [1.54, 1.807) is 14.2 Å². The third kappa shape index (κ3) is 4.33. The number of carbonyl (C=O) groups is 1. The maximum absolute atomic E-state index is 12.3. The Balaban J connectivity index is 2.78. The topological polar surface area (TPSA) is 38.8 Å². The summed E-state index contributed by atoms with van der Waals surface area (Å²) in [4.78, 5) is 14.3. The monoisotopic (exact) mass is 265 g/mol. The van der Waals surface area contributed by atoms with Crippen molar-refractivity contribution in [2.24, 2.45) is 0 Å². The number of ketones is 1. The van der Waals surface area contributed by atoms with E-state index in [-0.39, 0.29) is 11.8 Å². The maximum atomic E-state index is 12.3. The van der Waals surface area contributed by atoms with Gasteiger partial charge in [-0.25, -0.2) is 0 Å². The van der Waals surface area contributed by atoms with Crippen molar-refractivity contribution in [3.8, 4) is 5.75 Å². The van der Waals surface area contributed by atoms with Gasteiger partial charge in [0.2, 0.25) is 0 Å². The molecule has 0 aliphatic rings. The average Bonchev–Trinajstić information content (AvgIpc) is 2.38. The van der Waals surface area contributed by atoms with Crippen molar-refractivity contribution in [2.45, 2.75) is 19.9 Å². The highest BCUT2D eigenvalue weighted by Crippen LogP contribution is 2.20. The number of hydrogen-bond donors (Lipinski definition) is 0. The molecule has 19 heavy (non-hydrogen) atoms. The number of methoxy groups -OCH3 is 2. The fourth-order valence-electron chi connectivity index (χ4n) is 1.86. The van der Waals surface area contributed by atoms with Crippen LogP contribution in [0, 0.1) is 6.92 Å². The zero-order chi connectivity index (χ0) is 14.4. The van der Waals surface area contributed by atoms with Crippen LogP contribution >= 0.6 is 0 Å². The van der Waals surface area contributed by atoms with Crippen LogP contribution in [-0.2, 0) is 4.74 Å². The Morgan fingerprint density at radius 3 is 2.63 bits per heavy atom. The van der Waals surface area contributed by atoms with Gasteiger partial charge < -0.3 is 9.47 Å². The van der Waals surface area contributed by atoms with Crippen molar-refractivity contribution in [2.75, 3.05) is 34.4 Å². The first-order chi connectivity index (χ1) is 8.99. The van der Waals surface area contributed by atoms with E-state index in [0.29, 0.717) is 24.5 Å². The number of Topliss-reactive ketones (excluding diaryl/α,β-unsaturated/α-hetero) is 1. The summed E-state index contributed by atoms with van der Waals surface area (Å²) < 4.78 is 10.4. The summed E-state index contributed by atoms with van der Waals surface area (Å²) in [6.45, 7) is 4.96. The molecule has 4 nitrogen and oxygen atoms in total. The van der Waals surface area contributed by atoms with Gasteiger partial charge >= 0.3 is 0 Å². The van der Waals surface area contributed by atoms with Crippen molar-refractivity contribution in [3.63, 3.8) is 0 Å². The summed E-state index contributed by atoms with van der Waals surface area (Å²) >= 11 is 0. The second-order valence-electron chi connectivity index (χ2n) is 4.85. The number of likely N-dealkylation sites (N-methyl/N-ethyl adjacent to an activating group) is 1. The predicted octanol–water partition coefficient (Wildman–Crippen LogP) is 2.15. The first-order valence-corrected chi connectivity index (χ1v) is 6.36. The quantitative estimate of drug-likeness (QED) is 0.708. The number of aryl methyl sites for hydroxylation is 1. The summed E-state index contributed by atoms with van der Waals surface area (Å²) in [6, 6.07) is 5.83. The predicted molar refractivity (Wildman–Crippen MR) is 76.0 cm³/mol. The number of benzene rings is 1. The van der Waals surface area contributed by atoms with Crippen LogP contribution in [0.2, 0.25) is 0 Å². The lowest BCUT2D eigenvalue weighted by Gasteiger charge is -2.23. The van der Waals surface area contributed by atoms with E-state index in [4.69, 9.17) is 9.47 Å². The van der Waals surface area contributed by atoms with Crippen molar-refractivity contribution in [3.05, 3.63) is 29.3 Å². The SMILES string of the molecule is COCC(C)N(C)CC(=O)c1ccc(C)cc1OC. The second-order valence-corrected chi connectivity index (χ2v) is 4.85. The highest BCUT2D eigenvalue weighted by atomic mass is 16.5. The van der Waals surface area contributed by atoms with Gasteiger partial charge in [-0.1, -0.05) is 6.07 Å². The molecule has 0 N–H and O–H groups in total. The summed E-state index contributed by atoms with van der Waals surface area (Å²) in [5.74, 6) is 0.695. The Labute approximate surface area is 115 Å². The molecule has 0 saturated carbocycles. The molecule has 0 spiro atoms. The average molecular weight is 265 g/mol. The zero-order valence-corrected chi connectivity index (χ0v) is 12.4. The van der Waals surface area contributed by atoms with Crippen molar-refractivity contribution >= 4 is 5.78 Å². The van der Waals surface area contributed by atoms with Crippen LogP contribution in [0.25, 0.3) is 0 Å². The Kier molecular flexibility index (Phi) is 5.99. The summed E-state index contributed by atoms with van der Waals surface area (Å²) in [5.41, 5.74) is 1.71. The lowest BCUT2D eigenvalue weighted by molar-refractivity contribution is 0.0839. The summed E-state index contributed by atoms with van der Waals surface area (Å²) in [6.07, 6.45) is 0. The van der Waals surface area contributed by atoms with Gasteiger partial charge in [-0.15, -0.1) is 0 Å². The molecule has 1 aromatic carbocycles. The van der Waals surface area contributed by atoms with Gasteiger partial charge in [0.25, 0.3) is 0 Å². The van der Waals surface area contributed by atoms with Gasteiger partial charge in [0.1, 0.15) is 5.75 Å².